The van der Waals surface area contributed by atoms with Crippen molar-refractivity contribution in [1.82, 2.24) is 25.2 Å². The number of hydrogen-bond donors (Lipinski definition) is 4. The monoisotopic (exact) mass is 642 g/mol. The molecule has 0 radical (unpaired) electrons. The molecular formula is C32H46N6O6S. The van der Waals surface area contributed by atoms with Gasteiger partial charge in [-0.15, -0.1) is 0 Å². The van der Waals surface area contributed by atoms with Crippen LogP contribution in [0.15, 0.2) is 35.2 Å². The van der Waals surface area contributed by atoms with Gasteiger partial charge in [0.05, 0.1) is 4.90 Å². The van der Waals surface area contributed by atoms with Crippen molar-refractivity contribution in [2.75, 3.05) is 39.8 Å². The Kier molecular flexibility index (Phi) is 10.6. The number of carbonyl (C=O) groups is 2. The van der Waals surface area contributed by atoms with Crippen molar-refractivity contribution >= 4 is 28.0 Å². The number of rotatable bonds is 10. The topological polar surface area (TPSA) is 153 Å². The average Bonchev–Trinajstić information content (AvgIpc) is 3.32. The quantitative estimate of drug-likeness (QED) is 0.134. The normalized spacial score (nSPS) is 16.7. The Morgan fingerprint density at radius 3 is 2.38 bits per heavy atom. The van der Waals surface area contributed by atoms with Crippen molar-refractivity contribution in [2.45, 2.75) is 77.0 Å². The molecule has 2 aromatic carbocycles. The number of amides is 2. The molecule has 13 heteroatoms. The van der Waals surface area contributed by atoms with Crippen LogP contribution in [0.5, 0.6) is 5.75 Å². The summed E-state index contributed by atoms with van der Waals surface area (Å²) >= 11 is 0. The number of fused-ring (bicyclic) bond motifs is 1. The number of ether oxygens (including phenoxy) is 2. The van der Waals surface area contributed by atoms with Crippen molar-refractivity contribution < 1.29 is 27.5 Å². The van der Waals surface area contributed by atoms with Crippen LogP contribution in [0, 0.1) is 26.2 Å². The third-order valence-corrected chi connectivity index (χ3v) is 9.99. The summed E-state index contributed by atoms with van der Waals surface area (Å²) in [6, 6.07) is 8.05. The Balaban J connectivity index is 1.35. The maximum absolute atomic E-state index is 13.5. The Morgan fingerprint density at radius 2 is 1.71 bits per heavy atom. The van der Waals surface area contributed by atoms with E-state index in [1.54, 1.807) is 18.7 Å². The SMILES string of the molecule is Cc1c(C)c(S(=O)(=O)NC(=N)NCCCC(NC(=O)N2CCN(C)CC2)C(=O)OCc2ccccc2)c(C)c2c1OC(C)(C)C2. The number of urea groups is 1. The number of carbonyl (C=O) groups excluding carboxylic acids is 2. The Bertz CT molecular complexity index is 1520. The third-order valence-electron chi connectivity index (χ3n) is 8.37. The van der Waals surface area contributed by atoms with Crippen LogP contribution >= 0.6 is 0 Å². The summed E-state index contributed by atoms with van der Waals surface area (Å²) in [5.74, 6) is -0.200. The van der Waals surface area contributed by atoms with Crippen LogP contribution in [0.3, 0.4) is 0 Å². The van der Waals surface area contributed by atoms with E-state index in [1.807, 2.05) is 58.2 Å². The third kappa shape index (κ3) is 8.46. The Morgan fingerprint density at radius 1 is 1.04 bits per heavy atom. The summed E-state index contributed by atoms with van der Waals surface area (Å²) in [5.41, 5.74) is 3.24. The first-order valence-electron chi connectivity index (χ1n) is 15.3. The van der Waals surface area contributed by atoms with E-state index >= 15 is 0 Å². The van der Waals surface area contributed by atoms with E-state index < -0.39 is 27.6 Å². The summed E-state index contributed by atoms with van der Waals surface area (Å²) in [6.07, 6.45) is 1.19. The summed E-state index contributed by atoms with van der Waals surface area (Å²) in [4.78, 5) is 30.0. The fourth-order valence-corrected chi connectivity index (χ4v) is 7.24. The second kappa shape index (κ2) is 14.1. The zero-order chi connectivity index (χ0) is 32.9. The Labute approximate surface area is 266 Å². The van der Waals surface area contributed by atoms with Crippen LogP contribution in [-0.2, 0) is 32.6 Å². The number of hydrogen-bond acceptors (Lipinski definition) is 8. The van der Waals surface area contributed by atoms with Crippen LogP contribution in [0.4, 0.5) is 4.79 Å². The molecule has 1 saturated heterocycles. The minimum atomic E-state index is -4.07. The number of guanidine groups is 1. The van der Waals surface area contributed by atoms with Crippen molar-refractivity contribution in [3.8, 4) is 5.75 Å². The molecule has 0 aromatic heterocycles. The van der Waals surface area contributed by atoms with E-state index in [2.05, 4.69) is 20.3 Å². The molecule has 1 unspecified atom stereocenters. The lowest BCUT2D eigenvalue weighted by atomic mass is 9.94. The van der Waals surface area contributed by atoms with Gasteiger partial charge in [-0.05, 0) is 76.8 Å². The number of likely N-dealkylation sites (N-methyl/N-ethyl adjacent to an activating group) is 1. The molecular weight excluding hydrogens is 596 g/mol. The molecule has 246 valence electrons. The van der Waals surface area contributed by atoms with Gasteiger partial charge in [0, 0.05) is 44.7 Å². The van der Waals surface area contributed by atoms with Gasteiger partial charge in [-0.25, -0.2) is 22.7 Å². The second-order valence-corrected chi connectivity index (χ2v) is 14.1. The van der Waals surface area contributed by atoms with Gasteiger partial charge in [0.2, 0.25) is 5.96 Å². The van der Waals surface area contributed by atoms with Crippen LogP contribution in [0.2, 0.25) is 0 Å². The van der Waals surface area contributed by atoms with Crippen LogP contribution in [0.1, 0.15) is 54.5 Å². The van der Waals surface area contributed by atoms with E-state index in [0.29, 0.717) is 37.1 Å². The molecule has 2 heterocycles. The molecule has 0 bridgehead atoms. The standard InChI is InChI=1S/C32H46N6O6S/c1-21-22(2)28(23(3)25-19-32(4,5)44-27(21)25)45(41,42)36-30(33)34-14-10-13-26(29(39)43-20-24-11-8-7-9-12-24)35-31(40)38-17-15-37(6)16-18-38/h7-9,11-12,26H,10,13-20H2,1-6H3,(H,35,40)(H3,33,34,36). The van der Waals surface area contributed by atoms with E-state index in [0.717, 1.165) is 35.5 Å². The number of nitrogens with one attached hydrogen (secondary N) is 4. The van der Waals surface area contributed by atoms with Crippen molar-refractivity contribution in [1.29, 1.82) is 5.41 Å². The first-order valence-corrected chi connectivity index (χ1v) is 16.8. The maximum Gasteiger partial charge on any atom is 0.329 e. The number of esters is 1. The van der Waals surface area contributed by atoms with Crippen LogP contribution in [0.25, 0.3) is 0 Å². The Hall–Kier alpha value is -3.84. The molecule has 4 N–H and O–H groups in total. The van der Waals surface area contributed by atoms with Gasteiger partial charge < -0.3 is 29.9 Å². The zero-order valence-electron chi connectivity index (χ0n) is 27.1. The van der Waals surface area contributed by atoms with E-state index in [-0.39, 0.29) is 36.5 Å². The largest absolute Gasteiger partial charge is 0.487 e. The summed E-state index contributed by atoms with van der Waals surface area (Å²) in [7, 11) is -2.07. The predicted molar refractivity (Wildman–Crippen MR) is 172 cm³/mol. The summed E-state index contributed by atoms with van der Waals surface area (Å²) < 4.78 is 40.9. The first-order chi connectivity index (χ1) is 21.2. The summed E-state index contributed by atoms with van der Waals surface area (Å²) in [6.45, 7) is 12.2. The van der Waals surface area contributed by atoms with Crippen LogP contribution < -0.4 is 20.1 Å². The minimum Gasteiger partial charge on any atom is -0.487 e. The van der Waals surface area contributed by atoms with E-state index in [1.165, 1.54) is 0 Å². The first kappa shape index (κ1) is 34.0. The highest BCUT2D eigenvalue weighted by Gasteiger charge is 2.37. The predicted octanol–water partition coefficient (Wildman–Crippen LogP) is 2.98. The number of sulfonamides is 1. The molecule has 2 aliphatic heterocycles. The molecule has 0 aliphatic carbocycles. The highest BCUT2D eigenvalue weighted by atomic mass is 32.2. The number of piperazine rings is 1. The van der Waals surface area contributed by atoms with Crippen LogP contribution in [-0.4, -0.2) is 87.6 Å². The van der Waals surface area contributed by atoms with Gasteiger partial charge in [-0.3, -0.25) is 5.41 Å². The molecule has 2 aromatic rings. The molecule has 12 nitrogen and oxygen atoms in total. The minimum absolute atomic E-state index is 0.0792. The highest BCUT2D eigenvalue weighted by Crippen LogP contribution is 2.43. The van der Waals surface area contributed by atoms with Crippen molar-refractivity contribution in [2.24, 2.45) is 0 Å². The fourth-order valence-electron chi connectivity index (χ4n) is 5.72. The summed E-state index contributed by atoms with van der Waals surface area (Å²) in [5, 5.41) is 13.9. The van der Waals surface area contributed by atoms with Gasteiger partial charge in [0.1, 0.15) is 24.0 Å². The van der Waals surface area contributed by atoms with E-state index in [9.17, 15) is 18.0 Å². The molecule has 0 spiro atoms. The van der Waals surface area contributed by atoms with Gasteiger partial charge in [-0.2, -0.15) is 0 Å². The smallest absolute Gasteiger partial charge is 0.329 e. The molecule has 2 amide bonds. The zero-order valence-corrected chi connectivity index (χ0v) is 27.9. The lowest BCUT2D eigenvalue weighted by Crippen LogP contribution is -2.54. The molecule has 4 rings (SSSR count). The maximum atomic E-state index is 13.5. The average molecular weight is 643 g/mol. The fraction of sp³-hybridized carbons (Fsp3) is 0.531. The van der Waals surface area contributed by atoms with Crippen molar-refractivity contribution in [3.05, 3.63) is 58.1 Å². The van der Waals surface area contributed by atoms with Crippen molar-refractivity contribution in [3.63, 3.8) is 0 Å². The van der Waals surface area contributed by atoms with E-state index in [4.69, 9.17) is 14.9 Å². The molecule has 0 saturated carbocycles. The van der Waals surface area contributed by atoms with Gasteiger partial charge in [0.15, 0.2) is 0 Å². The lowest BCUT2D eigenvalue weighted by Gasteiger charge is -2.33. The molecule has 1 atom stereocenters. The van der Waals surface area contributed by atoms with Gasteiger partial charge in [0.25, 0.3) is 10.0 Å². The molecule has 1 fully saturated rings. The number of nitrogens with zero attached hydrogens (tertiary/aromatic N) is 2. The second-order valence-electron chi connectivity index (χ2n) is 12.5. The van der Waals surface area contributed by atoms with Gasteiger partial charge >= 0.3 is 12.0 Å². The highest BCUT2D eigenvalue weighted by molar-refractivity contribution is 7.90. The molecule has 2 aliphatic rings. The lowest BCUT2D eigenvalue weighted by molar-refractivity contribution is -0.147. The number of benzene rings is 2. The van der Waals surface area contributed by atoms with Gasteiger partial charge in [-0.1, -0.05) is 30.3 Å². The molecule has 45 heavy (non-hydrogen) atoms.